The molecule has 0 spiro atoms. The Balaban J connectivity index is 0.00000136. The summed E-state index contributed by atoms with van der Waals surface area (Å²) in [7, 11) is 1.87. The number of aromatic nitrogens is 3. The Hall–Kier alpha value is -2.83. The number of hydrogen-bond acceptors (Lipinski definition) is 5. The summed E-state index contributed by atoms with van der Waals surface area (Å²) >= 11 is 0. The SMILES string of the molecule is CC.CC(C)c1cc(N(C(=O)C(C)(C)C)c2nc3cc(N)ccc3n2C)no1. The number of carbonyl (C=O) groups is 1. The Morgan fingerprint density at radius 1 is 1.21 bits per heavy atom. The lowest BCUT2D eigenvalue weighted by molar-refractivity contribution is -0.125. The number of hydrogen-bond donors (Lipinski definition) is 1. The van der Waals surface area contributed by atoms with E-state index in [-0.39, 0.29) is 11.8 Å². The third-order valence-corrected chi connectivity index (χ3v) is 4.24. The van der Waals surface area contributed by atoms with Crippen LogP contribution in [0.1, 0.15) is 60.1 Å². The first-order valence-electron chi connectivity index (χ1n) is 9.62. The molecule has 0 saturated heterocycles. The Labute approximate surface area is 166 Å². The zero-order chi connectivity index (χ0) is 21.2. The first kappa shape index (κ1) is 21.5. The quantitative estimate of drug-likeness (QED) is 0.640. The summed E-state index contributed by atoms with van der Waals surface area (Å²) in [6.07, 6.45) is 0. The molecule has 1 aromatic carbocycles. The van der Waals surface area contributed by atoms with Crippen molar-refractivity contribution in [2.75, 3.05) is 10.6 Å². The molecule has 2 aromatic heterocycles. The van der Waals surface area contributed by atoms with Crippen LogP contribution >= 0.6 is 0 Å². The van der Waals surface area contributed by atoms with E-state index in [4.69, 9.17) is 10.3 Å². The molecule has 0 aliphatic heterocycles. The molecule has 152 valence electrons. The number of benzene rings is 1. The van der Waals surface area contributed by atoms with Crippen LogP contribution in [0.2, 0.25) is 0 Å². The zero-order valence-electron chi connectivity index (χ0n) is 18.1. The van der Waals surface area contributed by atoms with Gasteiger partial charge in [-0.2, -0.15) is 0 Å². The van der Waals surface area contributed by atoms with Gasteiger partial charge >= 0.3 is 0 Å². The van der Waals surface area contributed by atoms with Crippen molar-refractivity contribution in [1.29, 1.82) is 0 Å². The molecule has 3 aromatic rings. The summed E-state index contributed by atoms with van der Waals surface area (Å²) in [5, 5.41) is 4.13. The first-order chi connectivity index (χ1) is 13.1. The second-order valence-electron chi connectivity index (χ2n) is 7.85. The summed E-state index contributed by atoms with van der Waals surface area (Å²) in [6.45, 7) is 13.6. The molecule has 7 nitrogen and oxygen atoms in total. The minimum Gasteiger partial charge on any atom is -0.399 e. The van der Waals surface area contributed by atoms with Crippen molar-refractivity contribution < 1.29 is 9.32 Å². The van der Waals surface area contributed by atoms with Crippen LogP contribution in [0, 0.1) is 5.41 Å². The molecule has 1 amide bonds. The molecule has 7 heteroatoms. The van der Waals surface area contributed by atoms with Crippen LogP contribution in [-0.4, -0.2) is 20.6 Å². The largest absolute Gasteiger partial charge is 0.399 e. The van der Waals surface area contributed by atoms with Gasteiger partial charge in [0.1, 0.15) is 5.76 Å². The molecular formula is C21H31N5O2. The van der Waals surface area contributed by atoms with E-state index in [1.807, 2.05) is 72.2 Å². The number of carbonyl (C=O) groups excluding carboxylic acids is 1. The van der Waals surface area contributed by atoms with Crippen LogP contribution in [0.4, 0.5) is 17.5 Å². The fraction of sp³-hybridized carbons (Fsp3) is 0.476. The van der Waals surface area contributed by atoms with E-state index in [0.29, 0.717) is 17.5 Å². The van der Waals surface area contributed by atoms with Crippen molar-refractivity contribution in [3.05, 3.63) is 30.0 Å². The highest BCUT2D eigenvalue weighted by Crippen LogP contribution is 2.33. The Morgan fingerprint density at radius 3 is 2.39 bits per heavy atom. The fourth-order valence-corrected chi connectivity index (χ4v) is 2.69. The topological polar surface area (TPSA) is 90.2 Å². The highest BCUT2D eigenvalue weighted by Gasteiger charge is 2.34. The third-order valence-electron chi connectivity index (χ3n) is 4.24. The monoisotopic (exact) mass is 385 g/mol. The lowest BCUT2D eigenvalue weighted by Crippen LogP contribution is -2.37. The van der Waals surface area contributed by atoms with E-state index in [9.17, 15) is 4.79 Å². The first-order valence-corrected chi connectivity index (χ1v) is 9.62. The summed E-state index contributed by atoms with van der Waals surface area (Å²) < 4.78 is 7.29. The molecule has 0 aliphatic rings. The number of fused-ring (bicyclic) bond motifs is 1. The lowest BCUT2D eigenvalue weighted by Gasteiger charge is -2.26. The second kappa shape index (κ2) is 8.04. The van der Waals surface area contributed by atoms with Crippen molar-refractivity contribution in [1.82, 2.24) is 14.7 Å². The van der Waals surface area contributed by atoms with Gasteiger partial charge in [0.25, 0.3) is 0 Å². The van der Waals surface area contributed by atoms with Gasteiger partial charge in [-0.25, -0.2) is 9.88 Å². The molecule has 0 fully saturated rings. The molecule has 0 bridgehead atoms. The molecule has 0 atom stereocenters. The van der Waals surface area contributed by atoms with E-state index < -0.39 is 5.41 Å². The maximum atomic E-state index is 13.2. The van der Waals surface area contributed by atoms with Crippen LogP contribution in [0.15, 0.2) is 28.8 Å². The van der Waals surface area contributed by atoms with Gasteiger partial charge in [-0.05, 0) is 18.2 Å². The minimum absolute atomic E-state index is 0.118. The molecule has 2 N–H and O–H groups in total. The smallest absolute Gasteiger partial charge is 0.240 e. The Bertz CT molecular complexity index is 963. The average Bonchev–Trinajstić information content (AvgIpc) is 3.22. The number of amides is 1. The molecule has 0 aliphatic carbocycles. The molecule has 0 radical (unpaired) electrons. The number of aryl methyl sites for hydroxylation is 1. The summed E-state index contributed by atoms with van der Waals surface area (Å²) in [5.41, 5.74) is 7.49. The Morgan fingerprint density at radius 2 is 1.86 bits per heavy atom. The van der Waals surface area contributed by atoms with Crippen LogP contribution in [-0.2, 0) is 11.8 Å². The van der Waals surface area contributed by atoms with Gasteiger partial charge in [-0.1, -0.05) is 53.6 Å². The lowest BCUT2D eigenvalue weighted by atomic mass is 9.95. The zero-order valence-corrected chi connectivity index (χ0v) is 18.1. The van der Waals surface area contributed by atoms with E-state index in [1.165, 1.54) is 4.90 Å². The van der Waals surface area contributed by atoms with E-state index in [1.54, 1.807) is 12.1 Å². The van der Waals surface area contributed by atoms with Crippen LogP contribution in [0.25, 0.3) is 11.0 Å². The molecule has 3 rings (SSSR count). The molecule has 28 heavy (non-hydrogen) atoms. The summed E-state index contributed by atoms with van der Waals surface area (Å²) in [6, 6.07) is 7.29. The standard InChI is InChI=1S/C19H25N5O2.C2H6/c1-11(2)15-10-16(22-26-15)24(17(25)19(3,4)5)18-21-13-9-12(20)7-8-14(13)23(18)6;1-2/h7-11H,20H2,1-6H3;1-2H3. The van der Waals surface area contributed by atoms with Gasteiger partial charge in [0, 0.05) is 30.1 Å². The fourth-order valence-electron chi connectivity index (χ4n) is 2.69. The van der Waals surface area contributed by atoms with E-state index in [0.717, 1.165) is 16.8 Å². The van der Waals surface area contributed by atoms with Gasteiger partial charge in [0.05, 0.1) is 11.0 Å². The normalized spacial score (nSPS) is 11.5. The number of nitrogens with zero attached hydrogens (tertiary/aromatic N) is 4. The number of imidazole rings is 1. The van der Waals surface area contributed by atoms with Crippen molar-refractivity contribution in [3.63, 3.8) is 0 Å². The van der Waals surface area contributed by atoms with Gasteiger partial charge in [-0.15, -0.1) is 0 Å². The molecule has 0 unspecified atom stereocenters. The third kappa shape index (κ3) is 4.03. The number of nitrogen functional groups attached to an aromatic ring is 1. The molecule has 0 saturated carbocycles. The highest BCUT2D eigenvalue weighted by molar-refractivity contribution is 6.02. The number of nitrogens with two attached hydrogens (primary N) is 1. The predicted octanol–water partition coefficient (Wildman–Crippen LogP) is 5.00. The average molecular weight is 386 g/mol. The Kier molecular flexibility index (Phi) is 6.17. The number of anilines is 3. The van der Waals surface area contributed by atoms with Crippen molar-refractivity contribution in [3.8, 4) is 0 Å². The van der Waals surface area contributed by atoms with E-state index in [2.05, 4.69) is 10.1 Å². The maximum absolute atomic E-state index is 13.2. The van der Waals surface area contributed by atoms with Crippen LogP contribution in [0.3, 0.4) is 0 Å². The van der Waals surface area contributed by atoms with E-state index >= 15 is 0 Å². The van der Waals surface area contributed by atoms with Crippen molar-refractivity contribution in [2.45, 2.75) is 54.4 Å². The maximum Gasteiger partial charge on any atom is 0.240 e. The summed E-state index contributed by atoms with van der Waals surface area (Å²) in [5.74, 6) is 1.68. The van der Waals surface area contributed by atoms with Gasteiger partial charge in [-0.3, -0.25) is 4.79 Å². The van der Waals surface area contributed by atoms with Gasteiger partial charge in [0.2, 0.25) is 11.9 Å². The van der Waals surface area contributed by atoms with Gasteiger partial charge < -0.3 is 14.8 Å². The summed E-state index contributed by atoms with van der Waals surface area (Å²) in [4.78, 5) is 19.4. The number of rotatable bonds is 3. The molecular weight excluding hydrogens is 354 g/mol. The molecule has 2 heterocycles. The minimum atomic E-state index is -0.617. The second-order valence-corrected chi connectivity index (χ2v) is 7.85. The van der Waals surface area contributed by atoms with Crippen LogP contribution in [0.5, 0.6) is 0 Å². The predicted molar refractivity (Wildman–Crippen MR) is 114 cm³/mol. The van der Waals surface area contributed by atoms with Crippen LogP contribution < -0.4 is 10.6 Å². The van der Waals surface area contributed by atoms with Gasteiger partial charge in [0.15, 0.2) is 5.82 Å². The van der Waals surface area contributed by atoms with Crippen molar-refractivity contribution >= 4 is 34.4 Å². The van der Waals surface area contributed by atoms with Crippen molar-refractivity contribution in [2.24, 2.45) is 12.5 Å². The highest BCUT2D eigenvalue weighted by atomic mass is 16.5.